The topological polar surface area (TPSA) is 84.6 Å². The molecule has 0 aliphatic heterocycles. The van der Waals surface area contributed by atoms with E-state index in [0.717, 1.165) is 16.9 Å². The molecule has 1 unspecified atom stereocenters. The van der Waals surface area contributed by atoms with Crippen LogP contribution in [0.15, 0.2) is 42.5 Å². The van der Waals surface area contributed by atoms with Crippen LogP contribution in [0.5, 0.6) is 5.75 Å². The third-order valence-electron chi connectivity index (χ3n) is 3.64. The van der Waals surface area contributed by atoms with Gasteiger partial charge in [0.05, 0.1) is 18.1 Å². The fourth-order valence-electron chi connectivity index (χ4n) is 2.26. The van der Waals surface area contributed by atoms with E-state index in [-0.39, 0.29) is 10.6 Å². The van der Waals surface area contributed by atoms with Gasteiger partial charge in [0.25, 0.3) is 5.69 Å². The Morgan fingerprint density at radius 2 is 1.96 bits per heavy atom. The van der Waals surface area contributed by atoms with E-state index in [4.69, 9.17) is 4.74 Å². The molecular weight excluding hydrogens is 296 g/mol. The largest absolute Gasteiger partial charge is 0.497 e. The van der Waals surface area contributed by atoms with Gasteiger partial charge in [-0.15, -0.1) is 0 Å². The first-order chi connectivity index (χ1) is 11.0. The molecule has 23 heavy (non-hydrogen) atoms. The number of nitrogens with one attached hydrogen (secondary N) is 1. The third kappa shape index (κ3) is 4.51. The quantitative estimate of drug-likeness (QED) is 0.606. The fraction of sp³-hybridized carbons (Fsp3) is 0.294. The molecule has 6 heteroatoms. The maximum absolute atomic E-state index is 10.9. The monoisotopic (exact) mass is 316 g/mol. The van der Waals surface area contributed by atoms with Gasteiger partial charge in [0.1, 0.15) is 5.75 Å². The standard InChI is InChI=1S/C17H20N2O4/c1-12-3-4-13(9-16(12)19(21)22)10-18-11-17(20)14-5-7-15(23-2)8-6-14/h3-9,17-18,20H,10-11H2,1-2H3. The summed E-state index contributed by atoms with van der Waals surface area (Å²) in [6.45, 7) is 2.52. The first kappa shape index (κ1) is 16.9. The van der Waals surface area contributed by atoms with Gasteiger partial charge in [-0.2, -0.15) is 0 Å². The van der Waals surface area contributed by atoms with Gasteiger partial charge in [-0.25, -0.2) is 0 Å². The van der Waals surface area contributed by atoms with Crippen molar-refractivity contribution in [1.29, 1.82) is 0 Å². The van der Waals surface area contributed by atoms with Crippen LogP contribution in [-0.4, -0.2) is 23.7 Å². The predicted molar refractivity (Wildman–Crippen MR) is 87.5 cm³/mol. The molecule has 2 N–H and O–H groups in total. The van der Waals surface area contributed by atoms with Crippen molar-refractivity contribution in [3.8, 4) is 5.75 Å². The number of nitrogens with zero attached hydrogens (tertiary/aromatic N) is 1. The first-order valence-corrected chi connectivity index (χ1v) is 7.28. The van der Waals surface area contributed by atoms with E-state index < -0.39 is 6.10 Å². The van der Waals surface area contributed by atoms with E-state index in [0.29, 0.717) is 18.7 Å². The number of ether oxygens (including phenoxy) is 1. The summed E-state index contributed by atoms with van der Waals surface area (Å²) in [7, 11) is 1.59. The van der Waals surface area contributed by atoms with Crippen LogP contribution in [0.25, 0.3) is 0 Å². The highest BCUT2D eigenvalue weighted by Crippen LogP contribution is 2.20. The Hall–Kier alpha value is -2.44. The number of nitro groups is 1. The minimum absolute atomic E-state index is 0.111. The predicted octanol–water partition coefficient (Wildman–Crippen LogP) is 2.74. The molecule has 0 aliphatic rings. The molecule has 0 spiro atoms. The Morgan fingerprint density at radius 1 is 1.26 bits per heavy atom. The molecule has 0 saturated heterocycles. The van der Waals surface area contributed by atoms with E-state index >= 15 is 0 Å². The van der Waals surface area contributed by atoms with Gasteiger partial charge in [-0.1, -0.05) is 24.3 Å². The average molecular weight is 316 g/mol. The molecule has 2 rings (SSSR count). The van der Waals surface area contributed by atoms with E-state index in [1.807, 2.05) is 18.2 Å². The molecule has 122 valence electrons. The van der Waals surface area contributed by atoms with Gasteiger partial charge in [-0.05, 0) is 30.2 Å². The van der Waals surface area contributed by atoms with E-state index in [1.54, 1.807) is 38.3 Å². The summed E-state index contributed by atoms with van der Waals surface area (Å²) in [6.07, 6.45) is -0.652. The maximum atomic E-state index is 10.9. The molecule has 0 amide bonds. The number of benzene rings is 2. The van der Waals surface area contributed by atoms with Gasteiger partial charge >= 0.3 is 0 Å². The summed E-state index contributed by atoms with van der Waals surface area (Å²) in [6, 6.07) is 12.3. The second-order valence-electron chi connectivity index (χ2n) is 5.30. The summed E-state index contributed by atoms with van der Waals surface area (Å²) < 4.78 is 5.08. The zero-order chi connectivity index (χ0) is 16.8. The van der Waals surface area contributed by atoms with Crippen molar-refractivity contribution in [2.75, 3.05) is 13.7 Å². The van der Waals surface area contributed by atoms with Crippen LogP contribution in [0.2, 0.25) is 0 Å². The Kier molecular flexibility index (Phi) is 5.67. The van der Waals surface area contributed by atoms with Gasteiger partial charge < -0.3 is 15.2 Å². The SMILES string of the molecule is COc1ccc(C(O)CNCc2ccc(C)c([N+](=O)[O-])c2)cc1. The summed E-state index contributed by atoms with van der Waals surface area (Å²) in [5.41, 5.74) is 2.34. The van der Waals surface area contributed by atoms with Crippen molar-refractivity contribution in [1.82, 2.24) is 5.32 Å². The van der Waals surface area contributed by atoms with Crippen molar-refractivity contribution in [2.45, 2.75) is 19.6 Å². The molecule has 0 fully saturated rings. The number of methoxy groups -OCH3 is 1. The average Bonchev–Trinajstić information content (AvgIpc) is 2.56. The van der Waals surface area contributed by atoms with Gasteiger partial charge in [0.2, 0.25) is 0 Å². The second kappa shape index (κ2) is 7.71. The van der Waals surface area contributed by atoms with Crippen molar-refractivity contribution in [2.24, 2.45) is 0 Å². The van der Waals surface area contributed by atoms with Crippen LogP contribution in [0.4, 0.5) is 5.69 Å². The maximum Gasteiger partial charge on any atom is 0.272 e. The highest BCUT2D eigenvalue weighted by atomic mass is 16.6. The summed E-state index contributed by atoms with van der Waals surface area (Å²) >= 11 is 0. The minimum Gasteiger partial charge on any atom is -0.497 e. The molecule has 0 bridgehead atoms. The van der Waals surface area contributed by atoms with E-state index in [2.05, 4.69) is 5.32 Å². The lowest BCUT2D eigenvalue weighted by Gasteiger charge is -2.13. The molecular formula is C17H20N2O4. The zero-order valence-corrected chi connectivity index (χ0v) is 13.2. The summed E-state index contributed by atoms with van der Waals surface area (Å²) in [4.78, 5) is 10.5. The second-order valence-corrected chi connectivity index (χ2v) is 5.30. The first-order valence-electron chi connectivity index (χ1n) is 7.28. The number of nitro benzene ring substituents is 1. The van der Waals surface area contributed by atoms with E-state index in [1.165, 1.54) is 0 Å². The lowest BCUT2D eigenvalue weighted by Crippen LogP contribution is -2.21. The Bertz CT molecular complexity index is 671. The number of aryl methyl sites for hydroxylation is 1. The lowest BCUT2D eigenvalue weighted by atomic mass is 10.1. The van der Waals surface area contributed by atoms with Crippen LogP contribution in [0, 0.1) is 17.0 Å². The number of aliphatic hydroxyl groups excluding tert-OH is 1. The molecule has 1 atom stereocenters. The van der Waals surface area contributed by atoms with Gasteiger partial charge in [0.15, 0.2) is 0 Å². The highest BCUT2D eigenvalue weighted by molar-refractivity contribution is 5.42. The highest BCUT2D eigenvalue weighted by Gasteiger charge is 2.11. The lowest BCUT2D eigenvalue weighted by molar-refractivity contribution is -0.385. The number of hydrogen-bond acceptors (Lipinski definition) is 5. The third-order valence-corrected chi connectivity index (χ3v) is 3.64. The van der Waals surface area contributed by atoms with Crippen molar-refractivity contribution in [3.05, 3.63) is 69.3 Å². The summed E-state index contributed by atoms with van der Waals surface area (Å²) in [5.74, 6) is 0.737. The van der Waals surface area contributed by atoms with E-state index in [9.17, 15) is 15.2 Å². The molecule has 0 aromatic heterocycles. The Labute approximate surface area is 134 Å². The van der Waals surface area contributed by atoms with Crippen molar-refractivity contribution in [3.63, 3.8) is 0 Å². The van der Waals surface area contributed by atoms with Gasteiger partial charge in [0, 0.05) is 24.7 Å². The Morgan fingerprint density at radius 3 is 2.57 bits per heavy atom. The molecule has 0 saturated carbocycles. The van der Waals surface area contributed by atoms with Gasteiger partial charge in [-0.3, -0.25) is 10.1 Å². The summed E-state index contributed by atoms with van der Waals surface area (Å²) in [5, 5.41) is 24.2. The molecule has 2 aromatic carbocycles. The van der Waals surface area contributed by atoms with Crippen LogP contribution in [0.3, 0.4) is 0 Å². The van der Waals surface area contributed by atoms with Crippen LogP contribution in [-0.2, 0) is 6.54 Å². The number of aliphatic hydroxyl groups is 1. The molecule has 0 heterocycles. The molecule has 0 aliphatic carbocycles. The molecule has 6 nitrogen and oxygen atoms in total. The fourth-order valence-corrected chi connectivity index (χ4v) is 2.26. The van der Waals surface area contributed by atoms with Crippen LogP contribution >= 0.6 is 0 Å². The normalized spacial score (nSPS) is 12.0. The zero-order valence-electron chi connectivity index (χ0n) is 13.2. The van der Waals surface area contributed by atoms with Crippen LogP contribution < -0.4 is 10.1 Å². The Balaban J connectivity index is 1.91. The molecule has 0 radical (unpaired) electrons. The molecule has 2 aromatic rings. The number of rotatable bonds is 7. The van der Waals surface area contributed by atoms with Crippen LogP contribution in [0.1, 0.15) is 22.8 Å². The van der Waals surface area contributed by atoms with Crippen molar-refractivity contribution < 1.29 is 14.8 Å². The number of hydrogen-bond donors (Lipinski definition) is 2. The van der Waals surface area contributed by atoms with Crippen molar-refractivity contribution >= 4 is 5.69 Å². The minimum atomic E-state index is -0.652. The smallest absolute Gasteiger partial charge is 0.272 e.